The van der Waals surface area contributed by atoms with Crippen LogP contribution in [0.15, 0.2) is 32.7 Å². The molecule has 1 atom stereocenters. The van der Waals surface area contributed by atoms with Crippen LogP contribution in [0.3, 0.4) is 0 Å². The molecule has 6 nitrogen and oxygen atoms in total. The second-order valence-electron chi connectivity index (χ2n) is 5.32. The number of hydrogen-bond donors (Lipinski definition) is 1. The molecule has 1 N–H and O–H groups in total. The molecule has 0 aliphatic rings. The largest absolute Gasteiger partial charge is 0.461 e. The molecule has 0 saturated carbocycles. The maximum absolute atomic E-state index is 5.27. The summed E-state index contributed by atoms with van der Waals surface area (Å²) in [6, 6.07) is 3.60. The molecule has 116 valence electrons. The quantitative estimate of drug-likeness (QED) is 0.749. The van der Waals surface area contributed by atoms with Crippen molar-refractivity contribution in [3.05, 3.63) is 40.4 Å². The molecule has 0 bridgehead atoms. The highest BCUT2D eigenvalue weighted by atomic mass is 32.1. The summed E-state index contributed by atoms with van der Waals surface area (Å²) < 4.78 is 10.5. The van der Waals surface area contributed by atoms with Gasteiger partial charge in [-0.1, -0.05) is 12.1 Å². The summed E-state index contributed by atoms with van der Waals surface area (Å²) in [5, 5.41) is 10.5. The van der Waals surface area contributed by atoms with E-state index >= 15 is 0 Å². The molecule has 0 unspecified atom stereocenters. The standard InChI is InChI=1S/C15H18N4O2S/c1-4-15(3,14-17-10(2)9-22-14)16-8-12-18-13(19-21-12)11-6-5-7-20-11/h5-7,9,16H,4,8H2,1-3H3/t15-/m1/s1. The monoisotopic (exact) mass is 318 g/mol. The zero-order valence-corrected chi connectivity index (χ0v) is 13.6. The highest BCUT2D eigenvalue weighted by molar-refractivity contribution is 7.09. The van der Waals surface area contributed by atoms with Crippen LogP contribution >= 0.6 is 11.3 Å². The molecule has 0 spiro atoms. The average molecular weight is 318 g/mol. The normalized spacial score (nSPS) is 14.1. The first-order chi connectivity index (χ1) is 10.6. The van der Waals surface area contributed by atoms with E-state index in [2.05, 4.69) is 39.7 Å². The Kier molecular flexibility index (Phi) is 4.08. The van der Waals surface area contributed by atoms with Gasteiger partial charge in [0, 0.05) is 11.1 Å². The van der Waals surface area contributed by atoms with Crippen LogP contribution < -0.4 is 5.32 Å². The van der Waals surface area contributed by atoms with Crippen LogP contribution in [0.25, 0.3) is 11.6 Å². The minimum atomic E-state index is -0.210. The Labute approximate surface area is 132 Å². The van der Waals surface area contributed by atoms with E-state index in [4.69, 9.17) is 8.94 Å². The number of aromatic nitrogens is 3. The Hall–Kier alpha value is -1.99. The fraction of sp³-hybridized carbons (Fsp3) is 0.400. The van der Waals surface area contributed by atoms with Crippen LogP contribution in [0.1, 0.15) is 36.9 Å². The van der Waals surface area contributed by atoms with Gasteiger partial charge in [-0.3, -0.25) is 5.32 Å². The van der Waals surface area contributed by atoms with E-state index in [0.717, 1.165) is 17.1 Å². The Morgan fingerprint density at radius 2 is 2.23 bits per heavy atom. The molecular weight excluding hydrogens is 300 g/mol. The highest BCUT2D eigenvalue weighted by Gasteiger charge is 2.28. The van der Waals surface area contributed by atoms with Gasteiger partial charge in [-0.05, 0) is 32.4 Å². The van der Waals surface area contributed by atoms with Crippen LogP contribution in [-0.4, -0.2) is 15.1 Å². The zero-order valence-electron chi connectivity index (χ0n) is 12.8. The molecule has 0 aliphatic carbocycles. The lowest BCUT2D eigenvalue weighted by atomic mass is 10.00. The van der Waals surface area contributed by atoms with Crippen molar-refractivity contribution in [2.75, 3.05) is 0 Å². The second kappa shape index (κ2) is 6.02. The van der Waals surface area contributed by atoms with Crippen LogP contribution in [0.2, 0.25) is 0 Å². The van der Waals surface area contributed by atoms with Gasteiger partial charge in [0.15, 0.2) is 5.76 Å². The lowest BCUT2D eigenvalue weighted by Crippen LogP contribution is -2.38. The Morgan fingerprint density at radius 3 is 2.86 bits per heavy atom. The molecule has 0 aliphatic heterocycles. The summed E-state index contributed by atoms with van der Waals surface area (Å²) in [5.41, 5.74) is 0.831. The number of thiazole rings is 1. The molecule has 0 amide bonds. The van der Waals surface area contributed by atoms with Gasteiger partial charge in [0.25, 0.3) is 0 Å². The van der Waals surface area contributed by atoms with Gasteiger partial charge in [0.2, 0.25) is 11.7 Å². The Morgan fingerprint density at radius 1 is 1.36 bits per heavy atom. The molecule has 3 heterocycles. The lowest BCUT2D eigenvalue weighted by molar-refractivity contribution is 0.304. The van der Waals surface area contributed by atoms with Crippen LogP contribution in [-0.2, 0) is 12.1 Å². The van der Waals surface area contributed by atoms with Crippen molar-refractivity contribution in [1.82, 2.24) is 20.4 Å². The second-order valence-corrected chi connectivity index (χ2v) is 6.18. The number of aryl methyl sites for hydroxylation is 1. The Balaban J connectivity index is 1.71. The number of rotatable bonds is 6. The SMILES string of the molecule is CC[C@@](C)(NCc1nc(-c2ccco2)no1)c1nc(C)cs1. The first kappa shape index (κ1) is 14.9. The molecule has 0 saturated heterocycles. The van der Waals surface area contributed by atoms with Crippen molar-refractivity contribution in [2.24, 2.45) is 0 Å². The van der Waals surface area contributed by atoms with E-state index in [1.54, 1.807) is 29.7 Å². The van der Waals surface area contributed by atoms with E-state index in [0.29, 0.717) is 24.0 Å². The first-order valence-corrected chi connectivity index (χ1v) is 8.03. The first-order valence-electron chi connectivity index (χ1n) is 7.15. The van der Waals surface area contributed by atoms with E-state index in [-0.39, 0.29) is 5.54 Å². The molecule has 3 rings (SSSR count). The van der Waals surface area contributed by atoms with E-state index in [9.17, 15) is 0 Å². The van der Waals surface area contributed by atoms with Gasteiger partial charge < -0.3 is 8.94 Å². The predicted molar refractivity (Wildman–Crippen MR) is 83.3 cm³/mol. The molecule has 0 aromatic carbocycles. The van der Waals surface area contributed by atoms with Gasteiger partial charge in [-0.15, -0.1) is 11.3 Å². The lowest BCUT2D eigenvalue weighted by Gasteiger charge is -2.26. The fourth-order valence-corrected chi connectivity index (χ4v) is 3.07. The minimum absolute atomic E-state index is 0.210. The number of furan rings is 1. The minimum Gasteiger partial charge on any atom is -0.461 e. The fourth-order valence-electron chi connectivity index (χ4n) is 2.06. The molecule has 0 fully saturated rings. The van der Waals surface area contributed by atoms with Crippen LogP contribution in [0.5, 0.6) is 0 Å². The van der Waals surface area contributed by atoms with Crippen molar-refractivity contribution < 1.29 is 8.94 Å². The summed E-state index contributed by atoms with van der Waals surface area (Å²) in [4.78, 5) is 8.92. The van der Waals surface area contributed by atoms with Crippen LogP contribution in [0, 0.1) is 6.92 Å². The van der Waals surface area contributed by atoms with Crippen molar-refractivity contribution in [2.45, 2.75) is 39.3 Å². The molecular formula is C15H18N4O2S. The number of nitrogens with one attached hydrogen (secondary N) is 1. The van der Waals surface area contributed by atoms with Gasteiger partial charge in [-0.2, -0.15) is 4.98 Å². The zero-order chi connectivity index (χ0) is 15.6. The Bertz CT molecular complexity index is 734. The maximum Gasteiger partial charge on any atom is 0.241 e. The third-order valence-electron chi connectivity index (χ3n) is 3.64. The van der Waals surface area contributed by atoms with Gasteiger partial charge >= 0.3 is 0 Å². The van der Waals surface area contributed by atoms with Gasteiger partial charge in [0.05, 0.1) is 18.3 Å². The smallest absolute Gasteiger partial charge is 0.241 e. The van der Waals surface area contributed by atoms with Gasteiger partial charge in [-0.25, -0.2) is 4.98 Å². The summed E-state index contributed by atoms with van der Waals surface area (Å²) in [6.07, 6.45) is 2.50. The molecule has 7 heteroatoms. The van der Waals surface area contributed by atoms with Crippen molar-refractivity contribution in [3.63, 3.8) is 0 Å². The molecule has 3 aromatic rings. The maximum atomic E-state index is 5.27. The average Bonchev–Trinajstić information content (AvgIpc) is 3.25. The number of nitrogens with zero attached hydrogens (tertiary/aromatic N) is 3. The van der Waals surface area contributed by atoms with Crippen LogP contribution in [0.4, 0.5) is 0 Å². The van der Waals surface area contributed by atoms with Crippen molar-refractivity contribution in [1.29, 1.82) is 0 Å². The molecule has 22 heavy (non-hydrogen) atoms. The predicted octanol–water partition coefficient (Wildman–Crippen LogP) is 3.51. The summed E-state index contributed by atoms with van der Waals surface area (Å²) in [7, 11) is 0. The molecule has 3 aromatic heterocycles. The van der Waals surface area contributed by atoms with E-state index in [1.165, 1.54) is 0 Å². The van der Waals surface area contributed by atoms with Gasteiger partial charge in [0.1, 0.15) is 5.01 Å². The molecule has 0 radical (unpaired) electrons. The van der Waals surface area contributed by atoms with E-state index in [1.807, 2.05) is 6.92 Å². The summed E-state index contributed by atoms with van der Waals surface area (Å²) >= 11 is 1.66. The topological polar surface area (TPSA) is 77.0 Å². The summed E-state index contributed by atoms with van der Waals surface area (Å²) in [6.45, 7) is 6.75. The van der Waals surface area contributed by atoms with Crippen molar-refractivity contribution in [3.8, 4) is 11.6 Å². The van der Waals surface area contributed by atoms with Crippen molar-refractivity contribution >= 4 is 11.3 Å². The third-order valence-corrected chi connectivity index (χ3v) is 4.86. The van der Waals surface area contributed by atoms with E-state index < -0.39 is 0 Å². The third kappa shape index (κ3) is 2.95. The number of hydrogen-bond acceptors (Lipinski definition) is 7. The summed E-state index contributed by atoms with van der Waals surface area (Å²) in [5.74, 6) is 1.59. The highest BCUT2D eigenvalue weighted by Crippen LogP contribution is 2.28.